The van der Waals surface area contributed by atoms with E-state index in [4.69, 9.17) is 9.16 Å². The van der Waals surface area contributed by atoms with Crippen molar-refractivity contribution in [1.82, 2.24) is 0 Å². The minimum Gasteiger partial charge on any atom is -0.497 e. The lowest BCUT2D eigenvalue weighted by molar-refractivity contribution is -0.318. The average Bonchev–Trinajstić information content (AvgIpc) is 3.04. The zero-order chi connectivity index (χ0) is 32.2. The van der Waals surface area contributed by atoms with Crippen LogP contribution >= 0.6 is 0 Å². The van der Waals surface area contributed by atoms with Crippen LogP contribution in [0.3, 0.4) is 0 Å². The molecular weight excluding hydrogens is 590 g/mol. The summed E-state index contributed by atoms with van der Waals surface area (Å²) in [5, 5.41) is -0.296. The predicted octanol–water partition coefficient (Wildman–Crippen LogP) is 8.98. The molecule has 0 spiro atoms. The van der Waals surface area contributed by atoms with Gasteiger partial charge in [-0.15, -0.1) is 0 Å². The number of halogens is 6. The molecular formula is C32H44F6O4Si. The standard InChI is InChI=1S/C32H44F6O4Si/c1-27(2,3)43(7,8)42-30-19(16-23(30)25(39)41-26(31(33,34)35)32(36,37)38)17-24-28(4)13-11-18-15-20(40-6)9-10-21(18)22(28)12-14-29(24,30)5/h9-10,15,19,22-24,26H,11-14,16-17H2,1-8H3/t19-,22-,23+,24+,28-,29+,30-/m1/s1. The molecule has 0 saturated heterocycles. The molecule has 3 fully saturated rings. The highest BCUT2D eigenvalue weighted by Crippen LogP contribution is 2.77. The molecule has 0 N–H and O–H groups in total. The highest BCUT2D eigenvalue weighted by atomic mass is 28.4. The van der Waals surface area contributed by atoms with Gasteiger partial charge in [-0.05, 0) is 109 Å². The lowest BCUT2D eigenvalue weighted by Crippen LogP contribution is -2.71. The number of esters is 1. The first-order chi connectivity index (χ1) is 19.5. The van der Waals surface area contributed by atoms with Crippen LogP contribution in [0.2, 0.25) is 18.1 Å². The van der Waals surface area contributed by atoms with Crippen LogP contribution in [0.5, 0.6) is 5.75 Å². The van der Waals surface area contributed by atoms with Crippen molar-refractivity contribution in [2.75, 3.05) is 7.11 Å². The minimum absolute atomic E-state index is 0.0719. The van der Waals surface area contributed by atoms with Crippen molar-refractivity contribution in [3.8, 4) is 5.75 Å². The summed E-state index contributed by atoms with van der Waals surface area (Å²) in [5.74, 6) is -1.69. The maximum Gasteiger partial charge on any atom is 0.434 e. The molecule has 1 aromatic carbocycles. The van der Waals surface area contributed by atoms with Crippen molar-refractivity contribution in [3.63, 3.8) is 0 Å². The van der Waals surface area contributed by atoms with E-state index in [0.717, 1.165) is 31.4 Å². The summed E-state index contributed by atoms with van der Waals surface area (Å²) < 4.78 is 97.9. The summed E-state index contributed by atoms with van der Waals surface area (Å²) >= 11 is 0. The van der Waals surface area contributed by atoms with Crippen LogP contribution in [0.25, 0.3) is 0 Å². The monoisotopic (exact) mass is 634 g/mol. The minimum atomic E-state index is -5.77. The Morgan fingerprint density at radius 2 is 1.63 bits per heavy atom. The highest BCUT2D eigenvalue weighted by molar-refractivity contribution is 6.74. The Balaban J connectivity index is 1.56. The van der Waals surface area contributed by atoms with Gasteiger partial charge >= 0.3 is 18.3 Å². The summed E-state index contributed by atoms with van der Waals surface area (Å²) in [6, 6.07) is 6.20. The Hall–Kier alpha value is -1.75. The summed E-state index contributed by atoms with van der Waals surface area (Å²) in [5.41, 5.74) is 0.545. The first-order valence-corrected chi connectivity index (χ1v) is 18.1. The Morgan fingerprint density at radius 1 is 1.00 bits per heavy atom. The first-order valence-electron chi connectivity index (χ1n) is 15.2. The van der Waals surface area contributed by atoms with Crippen LogP contribution in [0, 0.1) is 28.6 Å². The zero-order valence-electron chi connectivity index (χ0n) is 26.3. The van der Waals surface area contributed by atoms with Crippen molar-refractivity contribution in [3.05, 3.63) is 29.3 Å². The quantitative estimate of drug-likeness (QED) is 0.184. The number of hydrogen-bond acceptors (Lipinski definition) is 4. The molecule has 43 heavy (non-hydrogen) atoms. The number of ether oxygens (including phenoxy) is 2. The molecule has 0 aliphatic heterocycles. The number of rotatable bonds is 5. The van der Waals surface area contributed by atoms with Crippen LogP contribution in [-0.2, 0) is 20.4 Å². The van der Waals surface area contributed by atoms with Gasteiger partial charge in [0.2, 0.25) is 0 Å². The Kier molecular flexibility index (Phi) is 7.49. The number of aryl methyl sites for hydroxylation is 1. The van der Waals surface area contributed by atoms with Gasteiger partial charge < -0.3 is 13.9 Å². The van der Waals surface area contributed by atoms with Crippen LogP contribution in [-0.4, -0.2) is 45.5 Å². The number of methoxy groups -OCH3 is 1. The van der Waals surface area contributed by atoms with Gasteiger partial charge in [0, 0.05) is 0 Å². The molecule has 4 nitrogen and oxygen atoms in total. The largest absolute Gasteiger partial charge is 0.497 e. The zero-order valence-corrected chi connectivity index (χ0v) is 27.3. The molecule has 0 radical (unpaired) electrons. The van der Waals surface area contributed by atoms with Gasteiger partial charge in [-0.25, -0.2) is 0 Å². The molecule has 11 heteroatoms. The second kappa shape index (κ2) is 9.87. The van der Waals surface area contributed by atoms with Crippen molar-refractivity contribution in [2.45, 2.75) is 121 Å². The van der Waals surface area contributed by atoms with Gasteiger partial charge in [0.05, 0.1) is 18.6 Å². The van der Waals surface area contributed by atoms with Gasteiger partial charge in [0.15, 0.2) is 8.32 Å². The number of fused-ring (bicyclic) bond motifs is 7. The van der Waals surface area contributed by atoms with Crippen LogP contribution in [0.1, 0.15) is 83.8 Å². The molecule has 0 amide bonds. The topological polar surface area (TPSA) is 44.8 Å². The van der Waals surface area contributed by atoms with Crippen LogP contribution in [0.15, 0.2) is 18.2 Å². The molecule has 0 aromatic heterocycles. The molecule has 0 heterocycles. The van der Waals surface area contributed by atoms with E-state index in [-0.39, 0.29) is 34.6 Å². The first kappa shape index (κ1) is 32.6. The van der Waals surface area contributed by atoms with E-state index in [9.17, 15) is 31.1 Å². The van der Waals surface area contributed by atoms with E-state index in [1.807, 2.05) is 39.9 Å². The van der Waals surface area contributed by atoms with E-state index in [2.05, 4.69) is 30.7 Å². The fraction of sp³-hybridized carbons (Fsp3) is 0.781. The number of hydrogen-bond donors (Lipinski definition) is 0. The lowest BCUT2D eigenvalue weighted by Gasteiger charge is -2.65. The summed E-state index contributed by atoms with van der Waals surface area (Å²) in [6.45, 7) is 14.6. The van der Waals surface area contributed by atoms with E-state index in [0.29, 0.717) is 6.42 Å². The Bertz CT molecular complexity index is 1260. The molecule has 5 rings (SSSR count). The van der Waals surface area contributed by atoms with Crippen LogP contribution < -0.4 is 4.74 Å². The number of benzene rings is 1. The molecule has 4 aliphatic carbocycles. The molecule has 7 atom stereocenters. The fourth-order valence-corrected chi connectivity index (χ4v) is 11.0. The van der Waals surface area contributed by atoms with Gasteiger partial charge in [-0.1, -0.05) is 40.7 Å². The second-order valence-corrected chi connectivity index (χ2v) is 20.1. The summed E-state index contributed by atoms with van der Waals surface area (Å²) in [4.78, 5) is 13.5. The normalized spacial score (nSPS) is 35.8. The van der Waals surface area contributed by atoms with E-state index in [1.165, 1.54) is 11.1 Å². The van der Waals surface area contributed by atoms with Crippen molar-refractivity contribution >= 4 is 14.3 Å². The van der Waals surface area contributed by atoms with E-state index in [1.54, 1.807) is 7.11 Å². The number of carbonyl (C=O) groups excluding carboxylic acids is 1. The lowest BCUT2D eigenvalue weighted by atomic mass is 9.44. The van der Waals surface area contributed by atoms with Gasteiger partial charge in [-0.3, -0.25) is 4.79 Å². The molecule has 242 valence electrons. The molecule has 4 aliphatic rings. The van der Waals surface area contributed by atoms with Gasteiger partial charge in [-0.2, -0.15) is 26.3 Å². The van der Waals surface area contributed by atoms with Crippen LogP contribution in [0.4, 0.5) is 26.3 Å². The van der Waals surface area contributed by atoms with E-state index >= 15 is 0 Å². The molecule has 3 saturated carbocycles. The smallest absolute Gasteiger partial charge is 0.434 e. The summed E-state index contributed by atoms with van der Waals surface area (Å²) in [7, 11) is -1.02. The van der Waals surface area contributed by atoms with Gasteiger partial charge in [0.1, 0.15) is 5.75 Å². The fourth-order valence-electron chi connectivity index (χ4n) is 9.26. The summed E-state index contributed by atoms with van der Waals surface area (Å²) in [6.07, 6.45) is -11.6. The Labute approximate surface area is 251 Å². The molecule has 1 aromatic rings. The molecule has 0 unspecified atom stereocenters. The Morgan fingerprint density at radius 3 is 2.19 bits per heavy atom. The number of alkyl halides is 6. The third kappa shape index (κ3) is 4.76. The second-order valence-electron chi connectivity index (χ2n) is 15.4. The van der Waals surface area contributed by atoms with Crippen molar-refractivity contribution < 1.29 is 45.0 Å². The molecule has 0 bridgehead atoms. The van der Waals surface area contributed by atoms with Gasteiger partial charge in [0.25, 0.3) is 6.10 Å². The SMILES string of the molecule is COc1ccc2c(c1)CC[C@]1(C)[C@@H]2CC[C@@]2(C)[C@H]1C[C@H]1C[C@@H](C(=O)OC(C(F)(F)F)C(F)(F)F)[C@]12O[Si](C)(C)C(C)(C)C. The average molecular weight is 635 g/mol. The number of carbonyl (C=O) groups is 1. The van der Waals surface area contributed by atoms with Crippen molar-refractivity contribution in [2.24, 2.45) is 28.6 Å². The highest BCUT2D eigenvalue weighted by Gasteiger charge is 2.79. The van der Waals surface area contributed by atoms with E-state index < -0.39 is 49.7 Å². The van der Waals surface area contributed by atoms with Crippen molar-refractivity contribution in [1.29, 1.82) is 0 Å². The maximum absolute atomic E-state index is 13.5. The third-order valence-corrected chi connectivity index (χ3v) is 16.8. The predicted molar refractivity (Wildman–Crippen MR) is 152 cm³/mol. The maximum atomic E-state index is 13.5. The third-order valence-electron chi connectivity index (χ3n) is 12.4.